The topological polar surface area (TPSA) is 43.8 Å². The highest BCUT2D eigenvalue weighted by molar-refractivity contribution is 5.79. The number of likely N-dealkylation sites (tertiary alicyclic amines) is 1. The number of hydrogen-bond acceptors (Lipinski definition) is 3. The van der Waals surface area contributed by atoms with Gasteiger partial charge >= 0.3 is 0 Å². The third kappa shape index (κ3) is 3.63. The van der Waals surface area contributed by atoms with Crippen molar-refractivity contribution in [1.82, 2.24) is 9.80 Å². The first kappa shape index (κ1) is 14.5. The molecule has 21 heavy (non-hydrogen) atoms. The molecule has 0 bridgehead atoms. The largest absolute Gasteiger partial charge is 0.395 e. The standard InChI is InChI=1S/C17H24N2O2/c20-13-16-7-4-10-18(16)12-17(21)19(15-8-9-15)11-14-5-2-1-3-6-14/h1-3,5-6,15-16,20H,4,7-13H2/t16-/m1/s1. The molecule has 1 heterocycles. The minimum Gasteiger partial charge on any atom is -0.395 e. The van der Waals surface area contributed by atoms with Gasteiger partial charge in [-0.1, -0.05) is 30.3 Å². The fraction of sp³-hybridized carbons (Fsp3) is 0.588. The molecule has 1 aliphatic carbocycles. The van der Waals surface area contributed by atoms with Crippen LogP contribution in [0.5, 0.6) is 0 Å². The molecule has 0 radical (unpaired) electrons. The average Bonchev–Trinajstić information content (AvgIpc) is 3.25. The van der Waals surface area contributed by atoms with E-state index in [1.54, 1.807) is 0 Å². The molecule has 1 aromatic carbocycles. The maximum absolute atomic E-state index is 12.6. The second-order valence-corrected chi connectivity index (χ2v) is 6.19. The van der Waals surface area contributed by atoms with Crippen molar-refractivity contribution in [1.29, 1.82) is 0 Å². The number of benzene rings is 1. The van der Waals surface area contributed by atoms with E-state index in [0.717, 1.165) is 32.2 Å². The van der Waals surface area contributed by atoms with Crippen molar-refractivity contribution in [2.24, 2.45) is 0 Å². The van der Waals surface area contributed by atoms with Crippen LogP contribution in [0.4, 0.5) is 0 Å². The fourth-order valence-corrected chi connectivity index (χ4v) is 3.16. The van der Waals surface area contributed by atoms with Crippen molar-refractivity contribution in [3.63, 3.8) is 0 Å². The van der Waals surface area contributed by atoms with Crippen LogP contribution in [0.15, 0.2) is 30.3 Å². The summed E-state index contributed by atoms with van der Waals surface area (Å²) in [5, 5.41) is 9.38. The molecule has 1 amide bonds. The molecule has 1 aromatic rings. The van der Waals surface area contributed by atoms with E-state index in [1.165, 1.54) is 5.56 Å². The number of nitrogens with zero attached hydrogens (tertiary/aromatic N) is 2. The molecular weight excluding hydrogens is 264 g/mol. The first-order valence-electron chi connectivity index (χ1n) is 7.96. The quantitative estimate of drug-likeness (QED) is 0.865. The SMILES string of the molecule is O=C(CN1CCC[C@@H]1CO)N(Cc1ccccc1)C1CC1. The van der Waals surface area contributed by atoms with E-state index in [2.05, 4.69) is 17.0 Å². The number of carbonyl (C=O) groups excluding carboxylic acids is 1. The first-order chi connectivity index (χ1) is 10.3. The van der Waals surface area contributed by atoms with Crippen LogP contribution in [0.25, 0.3) is 0 Å². The van der Waals surface area contributed by atoms with E-state index in [9.17, 15) is 9.90 Å². The molecule has 4 nitrogen and oxygen atoms in total. The molecule has 3 rings (SSSR count). The van der Waals surface area contributed by atoms with E-state index in [4.69, 9.17) is 0 Å². The highest BCUT2D eigenvalue weighted by Gasteiger charge is 2.34. The third-order valence-electron chi connectivity index (χ3n) is 4.55. The van der Waals surface area contributed by atoms with Crippen LogP contribution in [0.1, 0.15) is 31.2 Å². The van der Waals surface area contributed by atoms with Gasteiger partial charge in [-0.2, -0.15) is 0 Å². The van der Waals surface area contributed by atoms with Gasteiger partial charge in [-0.15, -0.1) is 0 Å². The number of carbonyl (C=O) groups is 1. The van der Waals surface area contributed by atoms with Gasteiger partial charge in [0, 0.05) is 18.6 Å². The lowest BCUT2D eigenvalue weighted by Gasteiger charge is -2.28. The summed E-state index contributed by atoms with van der Waals surface area (Å²) in [6.07, 6.45) is 4.34. The number of aliphatic hydroxyl groups is 1. The summed E-state index contributed by atoms with van der Waals surface area (Å²) in [4.78, 5) is 16.8. The summed E-state index contributed by atoms with van der Waals surface area (Å²) < 4.78 is 0. The maximum atomic E-state index is 12.6. The normalized spacial score (nSPS) is 22.4. The van der Waals surface area contributed by atoms with Crippen molar-refractivity contribution in [3.05, 3.63) is 35.9 Å². The molecule has 2 aliphatic rings. The highest BCUT2D eigenvalue weighted by Crippen LogP contribution is 2.29. The summed E-state index contributed by atoms with van der Waals surface area (Å²) in [7, 11) is 0. The molecule has 1 saturated carbocycles. The summed E-state index contributed by atoms with van der Waals surface area (Å²) in [5.74, 6) is 0.210. The van der Waals surface area contributed by atoms with Gasteiger partial charge in [0.15, 0.2) is 0 Å². The van der Waals surface area contributed by atoms with Gasteiger partial charge in [-0.3, -0.25) is 9.69 Å². The molecule has 2 fully saturated rings. The van der Waals surface area contributed by atoms with Crippen molar-refractivity contribution in [2.45, 2.75) is 44.3 Å². The zero-order valence-corrected chi connectivity index (χ0v) is 12.4. The van der Waals surface area contributed by atoms with Crippen LogP contribution in [-0.4, -0.2) is 52.6 Å². The molecule has 114 valence electrons. The van der Waals surface area contributed by atoms with Crippen LogP contribution in [0.3, 0.4) is 0 Å². The number of hydrogen-bond donors (Lipinski definition) is 1. The van der Waals surface area contributed by atoms with Gasteiger partial charge < -0.3 is 10.0 Å². The van der Waals surface area contributed by atoms with E-state index >= 15 is 0 Å². The predicted molar refractivity (Wildman–Crippen MR) is 81.7 cm³/mol. The Labute approximate surface area is 126 Å². The Kier molecular flexibility index (Phi) is 4.56. The molecule has 0 aromatic heterocycles. The number of rotatable bonds is 6. The fourth-order valence-electron chi connectivity index (χ4n) is 3.16. The van der Waals surface area contributed by atoms with E-state index in [0.29, 0.717) is 19.1 Å². The predicted octanol–water partition coefficient (Wildman–Crippen LogP) is 1.63. The van der Waals surface area contributed by atoms with Crippen LogP contribution < -0.4 is 0 Å². The van der Waals surface area contributed by atoms with Gasteiger partial charge in [0.2, 0.25) is 5.91 Å². The molecule has 1 N–H and O–H groups in total. The third-order valence-corrected chi connectivity index (χ3v) is 4.55. The monoisotopic (exact) mass is 288 g/mol. The smallest absolute Gasteiger partial charge is 0.237 e. The molecule has 0 unspecified atom stereocenters. The summed E-state index contributed by atoms with van der Waals surface area (Å²) in [6.45, 7) is 2.26. The van der Waals surface area contributed by atoms with Crippen LogP contribution >= 0.6 is 0 Å². The van der Waals surface area contributed by atoms with E-state index < -0.39 is 0 Å². The lowest BCUT2D eigenvalue weighted by Crippen LogP contribution is -2.43. The van der Waals surface area contributed by atoms with Crippen molar-refractivity contribution in [2.75, 3.05) is 19.7 Å². The van der Waals surface area contributed by atoms with Crippen LogP contribution in [0, 0.1) is 0 Å². The molecule has 4 heteroatoms. The molecular formula is C17H24N2O2. The van der Waals surface area contributed by atoms with Gasteiger partial charge in [0.25, 0.3) is 0 Å². The van der Waals surface area contributed by atoms with Gasteiger partial charge in [-0.25, -0.2) is 0 Å². The van der Waals surface area contributed by atoms with Gasteiger partial charge in [0.05, 0.1) is 13.2 Å². The van der Waals surface area contributed by atoms with E-state index in [1.807, 2.05) is 23.1 Å². The Bertz CT molecular complexity index is 473. The summed E-state index contributed by atoms with van der Waals surface area (Å²) in [5.41, 5.74) is 1.19. The Balaban J connectivity index is 1.62. The Morgan fingerprint density at radius 1 is 1.24 bits per heavy atom. The molecule has 0 spiro atoms. The lowest BCUT2D eigenvalue weighted by atomic mass is 10.2. The van der Waals surface area contributed by atoms with Gasteiger partial charge in [0.1, 0.15) is 0 Å². The lowest BCUT2D eigenvalue weighted by molar-refractivity contribution is -0.134. The number of aliphatic hydroxyl groups excluding tert-OH is 1. The highest BCUT2D eigenvalue weighted by atomic mass is 16.3. The van der Waals surface area contributed by atoms with Crippen molar-refractivity contribution in [3.8, 4) is 0 Å². The summed E-state index contributed by atoms with van der Waals surface area (Å²) >= 11 is 0. The Morgan fingerprint density at radius 2 is 2.00 bits per heavy atom. The average molecular weight is 288 g/mol. The first-order valence-corrected chi connectivity index (χ1v) is 7.96. The van der Waals surface area contributed by atoms with Crippen molar-refractivity contribution < 1.29 is 9.90 Å². The molecule has 1 saturated heterocycles. The minimum absolute atomic E-state index is 0.162. The van der Waals surface area contributed by atoms with E-state index in [-0.39, 0.29) is 18.6 Å². The summed E-state index contributed by atoms with van der Waals surface area (Å²) in [6, 6.07) is 10.8. The van der Waals surface area contributed by atoms with Gasteiger partial charge in [-0.05, 0) is 37.8 Å². The zero-order valence-electron chi connectivity index (χ0n) is 12.4. The van der Waals surface area contributed by atoms with Crippen molar-refractivity contribution >= 4 is 5.91 Å². The maximum Gasteiger partial charge on any atom is 0.237 e. The number of amides is 1. The van der Waals surface area contributed by atoms with Crippen LogP contribution in [-0.2, 0) is 11.3 Å². The minimum atomic E-state index is 0.162. The Hall–Kier alpha value is -1.39. The zero-order chi connectivity index (χ0) is 14.7. The molecule has 1 atom stereocenters. The second kappa shape index (κ2) is 6.58. The Morgan fingerprint density at radius 3 is 2.67 bits per heavy atom. The van der Waals surface area contributed by atoms with Crippen LogP contribution in [0.2, 0.25) is 0 Å². The second-order valence-electron chi connectivity index (χ2n) is 6.19. The molecule has 1 aliphatic heterocycles.